The molecule has 2 unspecified atom stereocenters. The van der Waals surface area contributed by atoms with Gasteiger partial charge in [0.1, 0.15) is 0 Å². The van der Waals surface area contributed by atoms with Crippen LogP contribution in [-0.4, -0.2) is 53.4 Å². The average molecular weight is 368 g/mol. The van der Waals surface area contributed by atoms with Crippen molar-refractivity contribution in [3.05, 3.63) is 47.4 Å². The number of ether oxygens (including phenoxy) is 2. The molecule has 0 aliphatic carbocycles. The second-order valence-electron chi connectivity index (χ2n) is 7.84. The standard InChI is InChI=1S/C21H24N2O4/c1-11-14-9-23-8-7-13-12-5-3-4-6-16(12)22-18(13)19(23)20(24)17(14)15(10-27-11)21(25)26-2/h3-6,10-11,14,17,19-20,22,24H,7-9H2,1-2H3/t11-,14?,17?,19+,20-/m1/s1. The van der Waals surface area contributed by atoms with Gasteiger partial charge in [-0.1, -0.05) is 18.2 Å². The summed E-state index contributed by atoms with van der Waals surface area (Å²) in [6.07, 6.45) is 1.69. The molecular weight excluding hydrogens is 344 g/mol. The molecule has 4 heterocycles. The van der Waals surface area contributed by atoms with E-state index < -0.39 is 12.1 Å². The van der Waals surface area contributed by atoms with Crippen molar-refractivity contribution in [2.75, 3.05) is 20.2 Å². The number of aromatic nitrogens is 1. The number of aliphatic hydroxyl groups is 1. The van der Waals surface area contributed by atoms with Crippen molar-refractivity contribution in [3.63, 3.8) is 0 Å². The molecule has 27 heavy (non-hydrogen) atoms. The number of para-hydroxylation sites is 1. The van der Waals surface area contributed by atoms with Gasteiger partial charge in [-0.15, -0.1) is 0 Å². The summed E-state index contributed by atoms with van der Waals surface area (Å²) in [5.41, 5.74) is 3.91. The van der Waals surface area contributed by atoms with Crippen LogP contribution in [0.15, 0.2) is 36.1 Å². The van der Waals surface area contributed by atoms with Crippen molar-refractivity contribution in [2.45, 2.75) is 31.6 Å². The zero-order chi connectivity index (χ0) is 18.7. The summed E-state index contributed by atoms with van der Waals surface area (Å²) in [6, 6.07) is 8.13. The molecule has 2 aromatic rings. The summed E-state index contributed by atoms with van der Waals surface area (Å²) in [5.74, 6) is -0.654. The third-order valence-electron chi connectivity index (χ3n) is 6.58. The van der Waals surface area contributed by atoms with Gasteiger partial charge in [0.05, 0.1) is 37.2 Å². The molecule has 0 radical (unpaired) electrons. The molecule has 1 saturated heterocycles. The molecule has 6 heteroatoms. The van der Waals surface area contributed by atoms with Gasteiger partial charge in [-0.3, -0.25) is 4.90 Å². The van der Waals surface area contributed by atoms with E-state index in [1.807, 2.05) is 13.0 Å². The number of methoxy groups -OCH3 is 1. The Morgan fingerprint density at radius 3 is 3.00 bits per heavy atom. The highest BCUT2D eigenvalue weighted by Crippen LogP contribution is 2.47. The molecule has 0 spiro atoms. The number of benzene rings is 1. The van der Waals surface area contributed by atoms with Gasteiger partial charge in [0.25, 0.3) is 0 Å². The van der Waals surface area contributed by atoms with Crippen LogP contribution in [0.2, 0.25) is 0 Å². The Hall–Kier alpha value is -2.31. The highest BCUT2D eigenvalue weighted by Gasteiger charge is 2.52. The predicted molar refractivity (Wildman–Crippen MR) is 99.9 cm³/mol. The van der Waals surface area contributed by atoms with Crippen LogP contribution < -0.4 is 0 Å². The van der Waals surface area contributed by atoms with Crippen LogP contribution in [0.1, 0.15) is 24.2 Å². The number of nitrogens with one attached hydrogen (secondary N) is 1. The molecular formula is C21H24N2O4. The number of piperidine rings is 1. The molecule has 1 aromatic heterocycles. The zero-order valence-corrected chi connectivity index (χ0v) is 15.5. The maximum Gasteiger partial charge on any atom is 0.337 e. The molecule has 5 rings (SSSR count). The van der Waals surface area contributed by atoms with Crippen molar-refractivity contribution in [1.29, 1.82) is 0 Å². The van der Waals surface area contributed by atoms with Crippen molar-refractivity contribution in [3.8, 4) is 0 Å². The number of esters is 1. The lowest BCUT2D eigenvalue weighted by Gasteiger charge is -2.51. The highest BCUT2D eigenvalue weighted by molar-refractivity contribution is 5.89. The average Bonchev–Trinajstić information content (AvgIpc) is 3.06. The lowest BCUT2D eigenvalue weighted by Crippen LogP contribution is -2.58. The number of carbonyl (C=O) groups excluding carboxylic acids is 1. The van der Waals surface area contributed by atoms with Crippen molar-refractivity contribution in [2.24, 2.45) is 11.8 Å². The van der Waals surface area contributed by atoms with Gasteiger partial charge < -0.3 is 19.6 Å². The zero-order valence-electron chi connectivity index (χ0n) is 15.5. The molecule has 1 aromatic carbocycles. The van der Waals surface area contributed by atoms with Crippen LogP contribution in [0.4, 0.5) is 0 Å². The summed E-state index contributed by atoms with van der Waals surface area (Å²) in [4.78, 5) is 18.2. The maximum absolute atomic E-state index is 12.3. The first kappa shape index (κ1) is 16.8. The maximum atomic E-state index is 12.3. The largest absolute Gasteiger partial charge is 0.497 e. The summed E-state index contributed by atoms with van der Waals surface area (Å²) in [7, 11) is 1.37. The molecule has 0 saturated carbocycles. The summed E-state index contributed by atoms with van der Waals surface area (Å²) >= 11 is 0. The van der Waals surface area contributed by atoms with E-state index in [2.05, 4.69) is 28.1 Å². The van der Waals surface area contributed by atoms with Gasteiger partial charge in [0.15, 0.2) is 0 Å². The van der Waals surface area contributed by atoms with Crippen LogP contribution in [0.5, 0.6) is 0 Å². The Morgan fingerprint density at radius 2 is 2.19 bits per heavy atom. The molecule has 0 bridgehead atoms. The monoisotopic (exact) mass is 368 g/mol. The molecule has 1 fully saturated rings. The van der Waals surface area contributed by atoms with E-state index in [1.165, 1.54) is 24.3 Å². The minimum Gasteiger partial charge on any atom is -0.497 e. The lowest BCUT2D eigenvalue weighted by molar-refractivity contribution is -0.143. The molecule has 142 valence electrons. The van der Waals surface area contributed by atoms with E-state index in [0.29, 0.717) is 5.57 Å². The van der Waals surface area contributed by atoms with Gasteiger partial charge in [-0.2, -0.15) is 0 Å². The number of hydrogen-bond donors (Lipinski definition) is 2. The Morgan fingerprint density at radius 1 is 1.37 bits per heavy atom. The minimum atomic E-state index is -0.701. The number of rotatable bonds is 1. The number of carbonyl (C=O) groups is 1. The second-order valence-corrected chi connectivity index (χ2v) is 7.84. The van der Waals surface area contributed by atoms with Crippen LogP contribution in [0, 0.1) is 11.8 Å². The highest BCUT2D eigenvalue weighted by atomic mass is 16.5. The number of aliphatic hydroxyl groups excluding tert-OH is 1. The van der Waals surface area contributed by atoms with E-state index in [-0.39, 0.29) is 24.0 Å². The van der Waals surface area contributed by atoms with Gasteiger partial charge in [0, 0.05) is 41.5 Å². The molecule has 3 aliphatic rings. The van der Waals surface area contributed by atoms with Crippen molar-refractivity contribution >= 4 is 16.9 Å². The predicted octanol–water partition coefficient (Wildman–Crippen LogP) is 2.15. The number of hydrogen-bond acceptors (Lipinski definition) is 5. The Kier molecular flexibility index (Phi) is 3.81. The number of nitrogens with zero attached hydrogens (tertiary/aromatic N) is 1. The van der Waals surface area contributed by atoms with Crippen molar-refractivity contribution in [1.82, 2.24) is 9.88 Å². The van der Waals surface area contributed by atoms with Crippen LogP contribution in [0.3, 0.4) is 0 Å². The van der Waals surface area contributed by atoms with E-state index in [4.69, 9.17) is 9.47 Å². The Bertz CT molecular complexity index is 933. The fraction of sp³-hybridized carbons (Fsp3) is 0.476. The molecule has 3 aliphatic heterocycles. The van der Waals surface area contributed by atoms with E-state index in [9.17, 15) is 9.90 Å². The summed E-state index contributed by atoms with van der Waals surface area (Å²) in [5, 5.41) is 12.7. The lowest BCUT2D eigenvalue weighted by atomic mass is 9.70. The fourth-order valence-electron chi connectivity index (χ4n) is 5.26. The van der Waals surface area contributed by atoms with Crippen molar-refractivity contribution < 1.29 is 19.4 Å². The molecule has 6 nitrogen and oxygen atoms in total. The molecule has 0 amide bonds. The third kappa shape index (κ3) is 2.36. The van der Waals surface area contributed by atoms with E-state index in [1.54, 1.807) is 0 Å². The quantitative estimate of drug-likeness (QED) is 0.755. The van der Waals surface area contributed by atoms with Crippen LogP contribution >= 0.6 is 0 Å². The number of H-pyrrole nitrogens is 1. The fourth-order valence-corrected chi connectivity index (χ4v) is 5.26. The first-order valence-corrected chi connectivity index (χ1v) is 9.55. The van der Waals surface area contributed by atoms with E-state index in [0.717, 1.165) is 30.7 Å². The summed E-state index contributed by atoms with van der Waals surface area (Å²) < 4.78 is 10.7. The number of fused-ring (bicyclic) bond motifs is 6. The Labute approximate surface area is 157 Å². The van der Waals surface area contributed by atoms with Gasteiger partial charge in [-0.05, 0) is 25.0 Å². The first-order chi connectivity index (χ1) is 13.1. The van der Waals surface area contributed by atoms with Gasteiger partial charge in [0.2, 0.25) is 0 Å². The summed E-state index contributed by atoms with van der Waals surface area (Å²) in [6.45, 7) is 3.69. The SMILES string of the molecule is COC(=O)C1=CO[C@H](C)C2CN3CCc4c([nH]c5ccccc45)[C@H]3[C@H](O)C12. The van der Waals surface area contributed by atoms with E-state index >= 15 is 0 Å². The van der Waals surface area contributed by atoms with Crippen LogP contribution in [-0.2, 0) is 20.7 Å². The second kappa shape index (κ2) is 6.11. The normalized spacial score (nSPS) is 32.7. The smallest absolute Gasteiger partial charge is 0.337 e. The van der Waals surface area contributed by atoms with Crippen LogP contribution in [0.25, 0.3) is 10.9 Å². The Balaban J connectivity index is 1.60. The third-order valence-corrected chi connectivity index (χ3v) is 6.58. The topological polar surface area (TPSA) is 74.8 Å². The van der Waals surface area contributed by atoms with Gasteiger partial charge >= 0.3 is 5.97 Å². The molecule has 2 N–H and O–H groups in total. The van der Waals surface area contributed by atoms with Gasteiger partial charge in [-0.25, -0.2) is 4.79 Å². The molecule has 5 atom stereocenters. The minimum absolute atomic E-state index is 0.0527. The number of aromatic amines is 1. The first-order valence-electron chi connectivity index (χ1n) is 9.55.